The molecule has 42 heavy (non-hydrogen) atoms. The number of halogens is 1. The van der Waals surface area contributed by atoms with Crippen LogP contribution in [0.2, 0.25) is 5.02 Å². The second-order valence-corrected chi connectivity index (χ2v) is 12.3. The molecule has 1 amide bonds. The molecule has 1 aliphatic heterocycles. The number of pyridine rings is 2. The lowest BCUT2D eigenvalue weighted by Gasteiger charge is -2.17. The molecule has 1 N–H and O–H groups in total. The number of nitrogens with one attached hydrogen (secondary N) is 1. The van der Waals surface area contributed by atoms with Crippen LogP contribution in [0.25, 0.3) is 16.6 Å². The van der Waals surface area contributed by atoms with Crippen molar-refractivity contribution in [2.75, 3.05) is 23.9 Å². The summed E-state index contributed by atoms with van der Waals surface area (Å²) >= 11 is 6.25. The predicted octanol–water partition coefficient (Wildman–Crippen LogP) is 7.43. The van der Waals surface area contributed by atoms with Gasteiger partial charge < -0.3 is 19.4 Å². The first-order valence-corrected chi connectivity index (χ1v) is 15.2. The Morgan fingerprint density at radius 2 is 1.93 bits per heavy atom. The molecular weight excluding hydrogens is 546 g/mol. The number of carbonyl (C=O) groups excluding carboxylic acids is 1. The molecule has 212 valence electrons. The molecule has 7 nitrogen and oxygen atoms in total. The highest BCUT2D eigenvalue weighted by Crippen LogP contribution is 2.55. The summed E-state index contributed by atoms with van der Waals surface area (Å²) in [7, 11) is 1.72. The number of aromatic nitrogens is 3. The summed E-state index contributed by atoms with van der Waals surface area (Å²) in [6.45, 7) is 1.33. The molecule has 1 saturated heterocycles. The summed E-state index contributed by atoms with van der Waals surface area (Å²) in [5.41, 5.74) is 8.21. The molecule has 3 aromatic heterocycles. The molecule has 8 rings (SSSR count). The van der Waals surface area contributed by atoms with Gasteiger partial charge in [0.2, 0.25) is 5.91 Å². The summed E-state index contributed by atoms with van der Waals surface area (Å²) in [4.78, 5) is 24.6. The third-order valence-electron chi connectivity index (χ3n) is 8.95. The average Bonchev–Trinajstić information content (AvgIpc) is 3.92. The van der Waals surface area contributed by atoms with Crippen molar-refractivity contribution in [3.8, 4) is 5.75 Å². The molecule has 3 aliphatic rings. The Morgan fingerprint density at radius 1 is 1.02 bits per heavy atom. The Balaban J connectivity index is 1.06. The third-order valence-corrected chi connectivity index (χ3v) is 9.18. The van der Waals surface area contributed by atoms with E-state index in [1.807, 2.05) is 17.0 Å². The van der Waals surface area contributed by atoms with E-state index in [2.05, 4.69) is 64.6 Å². The van der Waals surface area contributed by atoms with Crippen molar-refractivity contribution in [3.05, 3.63) is 94.5 Å². The summed E-state index contributed by atoms with van der Waals surface area (Å²) in [6, 6.07) is 18.6. The van der Waals surface area contributed by atoms with Gasteiger partial charge in [0.15, 0.2) is 5.65 Å². The Bertz CT molecular complexity index is 1860. The van der Waals surface area contributed by atoms with E-state index in [0.717, 1.165) is 69.5 Å². The summed E-state index contributed by atoms with van der Waals surface area (Å²) < 4.78 is 7.89. The fourth-order valence-corrected chi connectivity index (χ4v) is 6.68. The van der Waals surface area contributed by atoms with Gasteiger partial charge in [-0.25, -0.2) is 4.98 Å². The number of imidazole rings is 1. The lowest BCUT2D eigenvalue weighted by Crippen LogP contribution is -2.24. The highest BCUT2D eigenvalue weighted by atomic mass is 35.5. The molecule has 0 spiro atoms. The van der Waals surface area contributed by atoms with Gasteiger partial charge in [0, 0.05) is 59.1 Å². The Kier molecular flexibility index (Phi) is 6.11. The van der Waals surface area contributed by atoms with Crippen molar-refractivity contribution in [1.82, 2.24) is 14.4 Å². The molecule has 4 heterocycles. The van der Waals surface area contributed by atoms with Gasteiger partial charge in [0.1, 0.15) is 5.75 Å². The lowest BCUT2D eigenvalue weighted by molar-refractivity contribution is -0.117. The minimum Gasteiger partial charge on any atom is -0.496 e. The quantitative estimate of drug-likeness (QED) is 0.208. The zero-order valence-corrected chi connectivity index (χ0v) is 24.3. The van der Waals surface area contributed by atoms with Gasteiger partial charge in [-0.2, -0.15) is 0 Å². The summed E-state index contributed by atoms with van der Waals surface area (Å²) in [5, 5.41) is 5.32. The Labute approximate surface area is 249 Å². The van der Waals surface area contributed by atoms with Gasteiger partial charge in [0.05, 0.1) is 30.6 Å². The minimum atomic E-state index is 0.191. The van der Waals surface area contributed by atoms with E-state index in [1.165, 1.54) is 24.0 Å². The van der Waals surface area contributed by atoms with E-state index in [-0.39, 0.29) is 5.91 Å². The number of amides is 1. The molecule has 0 bridgehead atoms. The molecule has 2 aliphatic carbocycles. The third kappa shape index (κ3) is 4.66. The van der Waals surface area contributed by atoms with Crippen LogP contribution in [0.4, 0.5) is 11.4 Å². The molecule has 0 unspecified atom stereocenters. The Hall–Kier alpha value is -4.10. The zero-order valence-electron chi connectivity index (χ0n) is 23.5. The minimum absolute atomic E-state index is 0.191. The van der Waals surface area contributed by atoms with Crippen LogP contribution in [0.15, 0.2) is 67.0 Å². The van der Waals surface area contributed by atoms with Crippen LogP contribution in [0.1, 0.15) is 72.4 Å². The first kappa shape index (κ1) is 25.6. The molecular formula is C34H32ClN5O2. The predicted molar refractivity (Wildman–Crippen MR) is 166 cm³/mol. The van der Waals surface area contributed by atoms with Crippen molar-refractivity contribution in [2.24, 2.45) is 0 Å². The number of hydrogen-bond acceptors (Lipinski definition) is 5. The van der Waals surface area contributed by atoms with E-state index in [1.54, 1.807) is 7.11 Å². The van der Waals surface area contributed by atoms with Crippen LogP contribution < -0.4 is 15.0 Å². The van der Waals surface area contributed by atoms with Crippen LogP contribution >= 0.6 is 11.6 Å². The van der Waals surface area contributed by atoms with Gasteiger partial charge in [-0.3, -0.25) is 9.78 Å². The molecule has 2 atom stereocenters. The van der Waals surface area contributed by atoms with Crippen LogP contribution in [0, 0.1) is 0 Å². The number of methoxy groups -OCH3 is 1. The molecule has 2 saturated carbocycles. The number of hydrogen-bond donors (Lipinski definition) is 1. The summed E-state index contributed by atoms with van der Waals surface area (Å²) in [5.74, 6) is 2.41. The number of fused-ring (bicyclic) bond motifs is 2. The Morgan fingerprint density at radius 3 is 2.71 bits per heavy atom. The second-order valence-electron chi connectivity index (χ2n) is 11.9. The number of ether oxygens (including phenoxy) is 1. The maximum absolute atomic E-state index is 12.6. The van der Waals surface area contributed by atoms with Crippen molar-refractivity contribution in [2.45, 2.75) is 56.4 Å². The van der Waals surface area contributed by atoms with E-state index >= 15 is 0 Å². The lowest BCUT2D eigenvalue weighted by atomic mass is 10.1. The first-order chi connectivity index (χ1) is 20.5. The van der Waals surface area contributed by atoms with Crippen molar-refractivity contribution < 1.29 is 9.53 Å². The van der Waals surface area contributed by atoms with Crippen LogP contribution in [0.5, 0.6) is 5.75 Å². The van der Waals surface area contributed by atoms with Crippen molar-refractivity contribution in [1.29, 1.82) is 0 Å². The normalized spacial score (nSPS) is 20.0. The van der Waals surface area contributed by atoms with E-state index < -0.39 is 0 Å². The molecule has 8 heteroatoms. The highest BCUT2D eigenvalue weighted by molar-refractivity contribution is 6.30. The van der Waals surface area contributed by atoms with E-state index in [9.17, 15) is 4.79 Å². The van der Waals surface area contributed by atoms with E-state index in [0.29, 0.717) is 30.7 Å². The van der Waals surface area contributed by atoms with Crippen LogP contribution in [-0.2, 0) is 11.3 Å². The maximum atomic E-state index is 12.6. The van der Waals surface area contributed by atoms with Crippen LogP contribution in [0.3, 0.4) is 0 Å². The largest absolute Gasteiger partial charge is 0.496 e. The van der Waals surface area contributed by atoms with Gasteiger partial charge in [-0.1, -0.05) is 23.7 Å². The number of anilines is 2. The van der Waals surface area contributed by atoms with Gasteiger partial charge in [-0.05, 0) is 85.0 Å². The van der Waals surface area contributed by atoms with E-state index in [4.69, 9.17) is 26.3 Å². The molecule has 3 fully saturated rings. The fourth-order valence-electron chi connectivity index (χ4n) is 6.48. The number of rotatable bonds is 8. The monoisotopic (exact) mass is 577 g/mol. The average molecular weight is 578 g/mol. The summed E-state index contributed by atoms with van der Waals surface area (Å²) in [6.07, 6.45) is 9.27. The first-order valence-electron chi connectivity index (χ1n) is 14.8. The number of nitrogens with zero attached hydrogens (tertiary/aromatic N) is 4. The molecule has 5 aromatic rings. The number of carbonyl (C=O) groups is 1. The van der Waals surface area contributed by atoms with Crippen LogP contribution in [-0.4, -0.2) is 33.9 Å². The maximum Gasteiger partial charge on any atom is 0.227 e. The van der Waals surface area contributed by atoms with Gasteiger partial charge in [0.25, 0.3) is 0 Å². The standard InChI is InChI=1S/C34H32ClN5O2/c1-42-32-16-30(28-15-27(28)21-4-2-5-23(35)12-21)38-29-14-24(9-10-26(29)32)36-17-25-19-39-18-22(20-7-8-20)13-31(34(39)37-25)40-11-3-6-33(40)41/h2,4-5,9-10,12-14,16,18-20,27-28,36H,3,6-8,11,15,17H2,1H3/t27-,28-/m1/s1. The SMILES string of the molecule is COc1cc([C@@H]2C[C@@H]2c2cccc(Cl)c2)nc2cc(NCc3cn4cc(C5CC5)cc(N5CCCC5=O)c4n3)ccc12. The highest BCUT2D eigenvalue weighted by Gasteiger charge is 2.41. The zero-order chi connectivity index (χ0) is 28.4. The van der Waals surface area contributed by atoms with Crippen molar-refractivity contribution >= 4 is 45.4 Å². The number of benzene rings is 2. The second kappa shape index (κ2) is 10.0. The van der Waals surface area contributed by atoms with Crippen molar-refractivity contribution in [3.63, 3.8) is 0 Å². The molecule has 2 aromatic carbocycles. The van der Waals surface area contributed by atoms with Gasteiger partial charge >= 0.3 is 0 Å². The fraction of sp³-hybridized carbons (Fsp3) is 0.324. The smallest absolute Gasteiger partial charge is 0.227 e. The topological polar surface area (TPSA) is 71.8 Å². The molecule has 0 radical (unpaired) electrons. The van der Waals surface area contributed by atoms with Gasteiger partial charge in [-0.15, -0.1) is 0 Å².